The van der Waals surface area contributed by atoms with Crippen molar-refractivity contribution in [1.82, 2.24) is 10.6 Å². The van der Waals surface area contributed by atoms with E-state index >= 15 is 0 Å². The van der Waals surface area contributed by atoms with Gasteiger partial charge in [-0.15, -0.1) is 0 Å². The molecule has 1 amide bonds. The van der Waals surface area contributed by atoms with Gasteiger partial charge in [-0.05, 0) is 40.2 Å². The van der Waals surface area contributed by atoms with Crippen molar-refractivity contribution >= 4 is 6.09 Å². The van der Waals surface area contributed by atoms with Crippen molar-refractivity contribution in [3.05, 3.63) is 0 Å². The molecule has 15 heavy (non-hydrogen) atoms. The van der Waals surface area contributed by atoms with Gasteiger partial charge >= 0.3 is 6.09 Å². The Kier molecular flexibility index (Phi) is 3.97. The topological polar surface area (TPSA) is 50.4 Å². The zero-order valence-corrected chi connectivity index (χ0v) is 10.1. The van der Waals surface area contributed by atoms with Gasteiger partial charge in [-0.2, -0.15) is 0 Å². The molecule has 1 fully saturated rings. The number of hydrogen-bond donors (Lipinski definition) is 2. The predicted molar refractivity (Wildman–Crippen MR) is 59.9 cm³/mol. The molecule has 0 aliphatic heterocycles. The number of carbonyl (C=O) groups is 1. The number of carbonyl (C=O) groups excluding carboxylic acids is 1. The minimum atomic E-state index is -0.411. The highest BCUT2D eigenvalue weighted by Crippen LogP contribution is 2.21. The molecular weight excluding hydrogens is 192 g/mol. The van der Waals surface area contributed by atoms with Gasteiger partial charge in [-0.1, -0.05) is 6.92 Å². The molecule has 0 radical (unpaired) electrons. The van der Waals surface area contributed by atoms with Crippen LogP contribution in [0.2, 0.25) is 0 Å². The zero-order chi connectivity index (χ0) is 11.5. The van der Waals surface area contributed by atoms with E-state index in [0.29, 0.717) is 6.04 Å². The van der Waals surface area contributed by atoms with E-state index in [1.807, 2.05) is 20.8 Å². The van der Waals surface area contributed by atoms with Crippen LogP contribution in [-0.4, -0.2) is 30.3 Å². The Labute approximate surface area is 91.8 Å². The van der Waals surface area contributed by atoms with E-state index in [9.17, 15) is 4.79 Å². The van der Waals surface area contributed by atoms with Crippen LogP contribution >= 0.6 is 0 Å². The quantitative estimate of drug-likeness (QED) is 0.748. The van der Waals surface area contributed by atoms with Gasteiger partial charge in [0, 0.05) is 12.1 Å². The van der Waals surface area contributed by atoms with Crippen molar-refractivity contribution in [3.63, 3.8) is 0 Å². The molecule has 1 aliphatic rings. The Morgan fingerprint density at radius 1 is 1.40 bits per heavy atom. The predicted octanol–water partition coefficient (Wildman–Crippen LogP) is 1.65. The average Bonchev–Trinajstić information content (AvgIpc) is 2.76. The molecular formula is C11H22N2O2. The molecule has 0 spiro atoms. The van der Waals surface area contributed by atoms with Crippen LogP contribution in [0.1, 0.15) is 40.5 Å². The summed E-state index contributed by atoms with van der Waals surface area (Å²) in [5.74, 6) is 0. The molecule has 4 heteroatoms. The number of amides is 1. The van der Waals surface area contributed by atoms with E-state index in [1.165, 1.54) is 0 Å². The number of ether oxygens (including phenoxy) is 1. The molecule has 2 unspecified atom stereocenters. The highest BCUT2D eigenvalue weighted by Gasteiger charge is 2.38. The van der Waals surface area contributed by atoms with Gasteiger partial charge in [-0.25, -0.2) is 4.79 Å². The summed E-state index contributed by atoms with van der Waals surface area (Å²) in [6.45, 7) is 8.74. The molecule has 4 nitrogen and oxygen atoms in total. The summed E-state index contributed by atoms with van der Waals surface area (Å²) in [5.41, 5.74) is -0.411. The van der Waals surface area contributed by atoms with Crippen LogP contribution in [0.3, 0.4) is 0 Å². The monoisotopic (exact) mass is 214 g/mol. The Morgan fingerprint density at radius 3 is 2.60 bits per heavy atom. The fraction of sp³-hybridized carbons (Fsp3) is 0.909. The molecule has 0 bridgehead atoms. The Morgan fingerprint density at radius 2 is 2.07 bits per heavy atom. The van der Waals surface area contributed by atoms with Crippen molar-refractivity contribution in [2.45, 2.75) is 58.2 Å². The van der Waals surface area contributed by atoms with Crippen LogP contribution < -0.4 is 10.6 Å². The van der Waals surface area contributed by atoms with Gasteiger partial charge in [0.25, 0.3) is 0 Å². The van der Waals surface area contributed by atoms with E-state index in [-0.39, 0.29) is 12.1 Å². The van der Waals surface area contributed by atoms with Crippen molar-refractivity contribution in [3.8, 4) is 0 Å². The fourth-order valence-electron chi connectivity index (χ4n) is 1.37. The second-order valence-electron chi connectivity index (χ2n) is 5.05. The first-order valence-electron chi connectivity index (χ1n) is 5.65. The van der Waals surface area contributed by atoms with E-state index in [1.54, 1.807) is 0 Å². The van der Waals surface area contributed by atoms with Crippen LogP contribution in [0, 0.1) is 0 Å². The summed E-state index contributed by atoms with van der Waals surface area (Å²) in [4.78, 5) is 11.4. The number of rotatable bonds is 4. The summed E-state index contributed by atoms with van der Waals surface area (Å²) in [6.07, 6.45) is 1.82. The lowest BCUT2D eigenvalue weighted by atomic mass is 10.2. The molecule has 2 N–H and O–H groups in total. The van der Waals surface area contributed by atoms with Crippen LogP contribution in [0.25, 0.3) is 0 Å². The molecule has 1 saturated carbocycles. The molecule has 0 aromatic rings. The number of nitrogens with one attached hydrogen (secondary N) is 2. The Balaban J connectivity index is 2.13. The smallest absolute Gasteiger partial charge is 0.407 e. The van der Waals surface area contributed by atoms with E-state index in [2.05, 4.69) is 17.6 Å². The van der Waals surface area contributed by atoms with E-state index in [0.717, 1.165) is 19.4 Å². The van der Waals surface area contributed by atoms with E-state index < -0.39 is 5.60 Å². The molecule has 2 atom stereocenters. The fourth-order valence-corrected chi connectivity index (χ4v) is 1.37. The second-order valence-corrected chi connectivity index (χ2v) is 5.05. The third kappa shape index (κ3) is 5.02. The molecule has 0 heterocycles. The summed E-state index contributed by atoms with van der Waals surface area (Å²) in [7, 11) is 0. The third-order valence-electron chi connectivity index (χ3n) is 2.15. The summed E-state index contributed by atoms with van der Waals surface area (Å²) in [6, 6.07) is 0.698. The SMILES string of the molecule is CCCNC1CC1NC(=O)OC(C)(C)C. The van der Waals surface area contributed by atoms with Crippen LogP contribution in [0.4, 0.5) is 4.79 Å². The highest BCUT2D eigenvalue weighted by molar-refractivity contribution is 5.68. The average molecular weight is 214 g/mol. The molecule has 1 aliphatic carbocycles. The van der Waals surface area contributed by atoms with Crippen LogP contribution in [0.5, 0.6) is 0 Å². The highest BCUT2D eigenvalue weighted by atomic mass is 16.6. The van der Waals surface area contributed by atoms with Gasteiger partial charge in [0.15, 0.2) is 0 Å². The molecule has 0 aromatic carbocycles. The van der Waals surface area contributed by atoms with Crippen molar-refractivity contribution in [2.24, 2.45) is 0 Å². The van der Waals surface area contributed by atoms with Gasteiger partial charge in [-0.3, -0.25) is 0 Å². The van der Waals surface area contributed by atoms with Crippen LogP contribution in [-0.2, 0) is 4.74 Å². The minimum Gasteiger partial charge on any atom is -0.444 e. The van der Waals surface area contributed by atoms with Crippen molar-refractivity contribution in [1.29, 1.82) is 0 Å². The lowest BCUT2D eigenvalue weighted by molar-refractivity contribution is 0.0522. The van der Waals surface area contributed by atoms with Crippen LogP contribution in [0.15, 0.2) is 0 Å². The summed E-state index contributed by atoms with van der Waals surface area (Å²) in [5, 5.41) is 6.20. The van der Waals surface area contributed by atoms with E-state index in [4.69, 9.17) is 4.74 Å². The normalized spacial score (nSPS) is 24.8. The number of alkyl carbamates (subject to hydrolysis) is 1. The molecule has 1 rings (SSSR count). The van der Waals surface area contributed by atoms with Crippen molar-refractivity contribution in [2.75, 3.05) is 6.54 Å². The first-order valence-corrected chi connectivity index (χ1v) is 5.65. The second kappa shape index (κ2) is 4.84. The van der Waals surface area contributed by atoms with Gasteiger partial charge in [0.1, 0.15) is 5.60 Å². The van der Waals surface area contributed by atoms with Gasteiger partial charge in [0.2, 0.25) is 0 Å². The lowest BCUT2D eigenvalue weighted by Crippen LogP contribution is -2.36. The first-order chi connectivity index (χ1) is 6.92. The maximum atomic E-state index is 11.4. The molecule has 88 valence electrons. The maximum absolute atomic E-state index is 11.4. The molecule has 0 saturated heterocycles. The summed E-state index contributed by atoms with van der Waals surface area (Å²) >= 11 is 0. The third-order valence-corrected chi connectivity index (χ3v) is 2.15. The molecule has 0 aromatic heterocycles. The maximum Gasteiger partial charge on any atom is 0.407 e. The number of hydrogen-bond acceptors (Lipinski definition) is 3. The Hall–Kier alpha value is -0.770. The standard InChI is InChI=1S/C11H22N2O2/c1-5-6-12-8-7-9(8)13-10(14)15-11(2,3)4/h8-9,12H,5-7H2,1-4H3,(H,13,14). The first kappa shape index (κ1) is 12.3. The zero-order valence-electron chi connectivity index (χ0n) is 10.1. The van der Waals surface area contributed by atoms with Gasteiger partial charge < -0.3 is 15.4 Å². The van der Waals surface area contributed by atoms with Gasteiger partial charge in [0.05, 0.1) is 0 Å². The van der Waals surface area contributed by atoms with Crippen molar-refractivity contribution < 1.29 is 9.53 Å². The lowest BCUT2D eigenvalue weighted by Gasteiger charge is -2.19. The summed E-state index contributed by atoms with van der Waals surface area (Å²) < 4.78 is 5.16. The minimum absolute atomic E-state index is 0.256. The largest absolute Gasteiger partial charge is 0.444 e. The Bertz CT molecular complexity index is 223.